The van der Waals surface area contributed by atoms with E-state index in [0.717, 1.165) is 51.1 Å². The fraction of sp³-hybridized carbons (Fsp3) is 0.909. The molecule has 13 heavy (non-hydrogen) atoms. The molecule has 2 heteroatoms. The summed E-state index contributed by atoms with van der Waals surface area (Å²) in [7, 11) is 0. The highest BCUT2D eigenvalue weighted by Crippen LogP contribution is 2.15. The molecule has 2 nitrogen and oxygen atoms in total. The van der Waals surface area contributed by atoms with E-state index in [2.05, 4.69) is 12.2 Å². The first-order valence-corrected chi connectivity index (χ1v) is 5.55. The molecule has 0 aliphatic carbocycles. The zero-order valence-electron chi connectivity index (χ0n) is 8.64. The lowest BCUT2D eigenvalue weighted by atomic mass is 9.99. The minimum atomic E-state index is 0.466. The molecule has 0 spiro atoms. The third-order valence-electron chi connectivity index (χ3n) is 2.80. The Bertz CT molecular complexity index is 150. The van der Waals surface area contributed by atoms with Crippen LogP contribution in [0.25, 0.3) is 0 Å². The Morgan fingerprint density at radius 1 is 1.46 bits per heavy atom. The topological polar surface area (TPSA) is 29.1 Å². The van der Waals surface area contributed by atoms with Crippen LogP contribution in [0.15, 0.2) is 0 Å². The van der Waals surface area contributed by atoms with Gasteiger partial charge in [-0.3, -0.25) is 4.79 Å². The van der Waals surface area contributed by atoms with Crippen LogP contribution in [0.4, 0.5) is 0 Å². The van der Waals surface area contributed by atoms with Crippen molar-refractivity contribution >= 4 is 5.78 Å². The maximum absolute atomic E-state index is 11.3. The van der Waals surface area contributed by atoms with E-state index >= 15 is 0 Å². The van der Waals surface area contributed by atoms with Gasteiger partial charge in [0, 0.05) is 12.8 Å². The monoisotopic (exact) mass is 183 g/mol. The first-order valence-electron chi connectivity index (χ1n) is 5.55. The van der Waals surface area contributed by atoms with E-state index in [1.165, 1.54) is 6.42 Å². The maximum Gasteiger partial charge on any atom is 0.132 e. The van der Waals surface area contributed by atoms with Crippen molar-refractivity contribution < 1.29 is 4.79 Å². The third kappa shape index (κ3) is 4.41. The lowest BCUT2D eigenvalue weighted by molar-refractivity contribution is -0.119. The van der Waals surface area contributed by atoms with E-state index in [1.54, 1.807) is 0 Å². The number of Topliss-reactive ketones (excluding diaryl/α,β-unsaturated/α-hetero) is 1. The first kappa shape index (κ1) is 10.7. The lowest BCUT2D eigenvalue weighted by Gasteiger charge is -2.06. The number of hydrogen-bond donors (Lipinski definition) is 1. The normalized spacial score (nSPS) is 22.1. The van der Waals surface area contributed by atoms with Gasteiger partial charge in [0.25, 0.3) is 0 Å². The summed E-state index contributed by atoms with van der Waals surface area (Å²) in [6.45, 7) is 4.41. The number of carbonyl (C=O) groups is 1. The molecular formula is C11H21NO. The highest BCUT2D eigenvalue weighted by atomic mass is 16.1. The van der Waals surface area contributed by atoms with Gasteiger partial charge in [-0.2, -0.15) is 0 Å². The van der Waals surface area contributed by atoms with Crippen LogP contribution in [-0.4, -0.2) is 18.9 Å². The van der Waals surface area contributed by atoms with E-state index < -0.39 is 0 Å². The molecule has 76 valence electrons. The molecule has 0 aromatic heterocycles. The summed E-state index contributed by atoms with van der Waals surface area (Å²) in [6.07, 6.45) is 6.19. The fourth-order valence-corrected chi connectivity index (χ4v) is 1.82. The van der Waals surface area contributed by atoms with Gasteiger partial charge in [-0.15, -0.1) is 0 Å². The Morgan fingerprint density at radius 3 is 2.92 bits per heavy atom. The summed E-state index contributed by atoms with van der Waals surface area (Å²) in [6, 6.07) is 0. The highest BCUT2D eigenvalue weighted by Gasteiger charge is 2.15. The quantitative estimate of drug-likeness (QED) is 0.683. The van der Waals surface area contributed by atoms with Crippen LogP contribution >= 0.6 is 0 Å². The number of hydrogen-bond acceptors (Lipinski definition) is 2. The molecule has 1 aliphatic rings. The molecular weight excluding hydrogens is 162 g/mol. The molecule has 0 radical (unpaired) electrons. The lowest BCUT2D eigenvalue weighted by Crippen LogP contribution is -2.10. The van der Waals surface area contributed by atoms with Gasteiger partial charge in [-0.1, -0.05) is 13.3 Å². The zero-order valence-corrected chi connectivity index (χ0v) is 8.64. The summed E-state index contributed by atoms with van der Waals surface area (Å²) >= 11 is 0. The Hall–Kier alpha value is -0.370. The van der Waals surface area contributed by atoms with E-state index in [9.17, 15) is 4.79 Å². The summed E-state index contributed by atoms with van der Waals surface area (Å²) in [4.78, 5) is 11.3. The van der Waals surface area contributed by atoms with E-state index in [-0.39, 0.29) is 0 Å². The second kappa shape index (κ2) is 6.14. The summed E-state index contributed by atoms with van der Waals surface area (Å²) < 4.78 is 0. The summed E-state index contributed by atoms with van der Waals surface area (Å²) in [5.74, 6) is 1.24. The van der Waals surface area contributed by atoms with Gasteiger partial charge < -0.3 is 5.32 Å². The van der Waals surface area contributed by atoms with Crippen molar-refractivity contribution in [2.24, 2.45) is 5.92 Å². The Kier molecular flexibility index (Phi) is 5.06. The SMILES string of the molecule is CCCCC(=O)CCC1CCNC1. The molecule has 0 bridgehead atoms. The Labute approximate surface area is 81.1 Å². The molecule has 0 amide bonds. The molecule has 1 N–H and O–H groups in total. The van der Waals surface area contributed by atoms with Crippen LogP contribution in [0.5, 0.6) is 0 Å². The third-order valence-corrected chi connectivity index (χ3v) is 2.80. The number of nitrogens with one attached hydrogen (secondary N) is 1. The highest BCUT2D eigenvalue weighted by molar-refractivity contribution is 5.78. The van der Waals surface area contributed by atoms with Gasteiger partial charge in [-0.05, 0) is 38.3 Å². The van der Waals surface area contributed by atoms with Crippen molar-refractivity contribution in [2.75, 3.05) is 13.1 Å². The van der Waals surface area contributed by atoms with Crippen molar-refractivity contribution in [1.29, 1.82) is 0 Å². The molecule has 1 rings (SSSR count). The van der Waals surface area contributed by atoms with E-state index in [1.807, 2.05) is 0 Å². The molecule has 1 heterocycles. The minimum Gasteiger partial charge on any atom is -0.316 e. The van der Waals surface area contributed by atoms with Gasteiger partial charge in [0.05, 0.1) is 0 Å². The molecule has 0 aromatic rings. The van der Waals surface area contributed by atoms with Crippen LogP contribution in [0.3, 0.4) is 0 Å². The Morgan fingerprint density at radius 2 is 2.31 bits per heavy atom. The van der Waals surface area contributed by atoms with Gasteiger partial charge in [0.1, 0.15) is 5.78 Å². The van der Waals surface area contributed by atoms with Gasteiger partial charge in [0.15, 0.2) is 0 Å². The van der Waals surface area contributed by atoms with Crippen molar-refractivity contribution in [3.63, 3.8) is 0 Å². The van der Waals surface area contributed by atoms with Crippen LogP contribution in [0.2, 0.25) is 0 Å². The van der Waals surface area contributed by atoms with Crippen LogP contribution < -0.4 is 5.32 Å². The molecule has 0 saturated carbocycles. The maximum atomic E-state index is 11.3. The predicted molar refractivity (Wildman–Crippen MR) is 54.7 cm³/mol. The number of rotatable bonds is 6. The predicted octanol–water partition coefficient (Wildman–Crippen LogP) is 2.14. The Balaban J connectivity index is 2.00. The zero-order chi connectivity index (χ0) is 9.52. The van der Waals surface area contributed by atoms with Crippen LogP contribution in [0, 0.1) is 5.92 Å². The van der Waals surface area contributed by atoms with Crippen LogP contribution in [-0.2, 0) is 4.79 Å². The minimum absolute atomic E-state index is 0.466. The van der Waals surface area contributed by atoms with Crippen molar-refractivity contribution in [2.45, 2.75) is 45.4 Å². The molecule has 1 fully saturated rings. The van der Waals surface area contributed by atoms with Crippen molar-refractivity contribution in [1.82, 2.24) is 5.32 Å². The average molecular weight is 183 g/mol. The summed E-state index contributed by atoms with van der Waals surface area (Å²) in [5.41, 5.74) is 0. The molecule has 0 aromatic carbocycles. The van der Waals surface area contributed by atoms with E-state index in [0.29, 0.717) is 5.78 Å². The smallest absolute Gasteiger partial charge is 0.132 e. The van der Waals surface area contributed by atoms with Crippen LogP contribution in [0.1, 0.15) is 45.4 Å². The molecule has 1 atom stereocenters. The standard InChI is InChI=1S/C11H21NO/c1-2-3-4-11(13)6-5-10-7-8-12-9-10/h10,12H,2-9H2,1H3. The van der Waals surface area contributed by atoms with Crippen molar-refractivity contribution in [3.8, 4) is 0 Å². The van der Waals surface area contributed by atoms with E-state index in [4.69, 9.17) is 0 Å². The fourth-order valence-electron chi connectivity index (χ4n) is 1.82. The second-order valence-electron chi connectivity index (χ2n) is 4.04. The molecule has 1 aliphatic heterocycles. The van der Waals surface area contributed by atoms with Gasteiger partial charge >= 0.3 is 0 Å². The second-order valence-corrected chi connectivity index (χ2v) is 4.04. The first-order chi connectivity index (χ1) is 6.33. The van der Waals surface area contributed by atoms with Crippen molar-refractivity contribution in [3.05, 3.63) is 0 Å². The molecule has 1 saturated heterocycles. The average Bonchev–Trinajstić information content (AvgIpc) is 2.64. The number of unbranched alkanes of at least 4 members (excludes halogenated alkanes) is 1. The summed E-state index contributed by atoms with van der Waals surface area (Å²) in [5, 5.41) is 3.33. The van der Waals surface area contributed by atoms with Gasteiger partial charge in [0.2, 0.25) is 0 Å². The largest absolute Gasteiger partial charge is 0.316 e. The van der Waals surface area contributed by atoms with Gasteiger partial charge in [-0.25, -0.2) is 0 Å². The number of ketones is 1. The number of carbonyl (C=O) groups excluding carboxylic acids is 1. The molecule has 1 unspecified atom stereocenters.